The molecule has 0 aliphatic heterocycles. The van der Waals surface area contributed by atoms with Gasteiger partial charge in [-0.2, -0.15) is 0 Å². The van der Waals surface area contributed by atoms with Crippen LogP contribution < -0.4 is 5.32 Å². The fourth-order valence-electron chi connectivity index (χ4n) is 4.46. The molecule has 1 aliphatic rings. The SMILES string of the molecule is O=C(/C=C/c1ccc2c(ccn2C2CCCCC2)c1)Nc1cnc2ccccc2c1. The average molecular weight is 396 g/mol. The van der Waals surface area contributed by atoms with Gasteiger partial charge in [-0.3, -0.25) is 9.78 Å². The number of carbonyl (C=O) groups excluding carboxylic acids is 1. The summed E-state index contributed by atoms with van der Waals surface area (Å²) in [7, 11) is 0. The van der Waals surface area contributed by atoms with E-state index in [9.17, 15) is 4.79 Å². The van der Waals surface area contributed by atoms with E-state index in [1.165, 1.54) is 43.0 Å². The molecule has 4 nitrogen and oxygen atoms in total. The Morgan fingerprint density at radius 1 is 1.00 bits per heavy atom. The Morgan fingerprint density at radius 2 is 1.87 bits per heavy atom. The van der Waals surface area contributed by atoms with Crippen LogP contribution in [0.5, 0.6) is 0 Å². The molecule has 1 fully saturated rings. The van der Waals surface area contributed by atoms with Crippen LogP contribution in [-0.4, -0.2) is 15.5 Å². The first kappa shape index (κ1) is 18.6. The molecule has 2 heterocycles. The third-order valence-electron chi connectivity index (χ3n) is 6.00. The van der Waals surface area contributed by atoms with Gasteiger partial charge < -0.3 is 9.88 Å². The van der Waals surface area contributed by atoms with Gasteiger partial charge in [0.1, 0.15) is 0 Å². The highest BCUT2D eigenvalue weighted by Gasteiger charge is 2.16. The molecule has 5 rings (SSSR count). The van der Waals surface area contributed by atoms with E-state index in [2.05, 4.69) is 45.3 Å². The molecular formula is C26H25N3O. The maximum atomic E-state index is 12.4. The van der Waals surface area contributed by atoms with Crippen LogP contribution in [0.1, 0.15) is 43.7 Å². The van der Waals surface area contributed by atoms with E-state index >= 15 is 0 Å². The molecular weight excluding hydrogens is 370 g/mol. The van der Waals surface area contributed by atoms with Gasteiger partial charge in [-0.15, -0.1) is 0 Å². The van der Waals surface area contributed by atoms with Crippen LogP contribution in [0.25, 0.3) is 27.9 Å². The minimum atomic E-state index is -0.160. The number of fused-ring (bicyclic) bond motifs is 2. The maximum Gasteiger partial charge on any atom is 0.248 e. The van der Waals surface area contributed by atoms with E-state index in [-0.39, 0.29) is 5.91 Å². The third-order valence-corrected chi connectivity index (χ3v) is 6.00. The zero-order chi connectivity index (χ0) is 20.3. The molecule has 0 saturated heterocycles. The first-order valence-electron chi connectivity index (χ1n) is 10.7. The predicted molar refractivity (Wildman–Crippen MR) is 123 cm³/mol. The number of amides is 1. The summed E-state index contributed by atoms with van der Waals surface area (Å²) in [4.78, 5) is 16.8. The Hall–Kier alpha value is -3.40. The number of carbonyl (C=O) groups is 1. The van der Waals surface area contributed by atoms with E-state index in [0.29, 0.717) is 11.7 Å². The molecule has 0 radical (unpaired) electrons. The minimum Gasteiger partial charge on any atom is -0.344 e. The van der Waals surface area contributed by atoms with Crippen molar-refractivity contribution in [1.82, 2.24) is 9.55 Å². The number of hydrogen-bond donors (Lipinski definition) is 1. The van der Waals surface area contributed by atoms with E-state index in [1.807, 2.05) is 36.4 Å². The Balaban J connectivity index is 1.29. The van der Waals surface area contributed by atoms with Gasteiger partial charge in [0.25, 0.3) is 0 Å². The summed E-state index contributed by atoms with van der Waals surface area (Å²) >= 11 is 0. The van der Waals surface area contributed by atoms with Crippen LogP contribution in [-0.2, 0) is 4.79 Å². The van der Waals surface area contributed by atoms with Gasteiger partial charge in [0, 0.05) is 34.6 Å². The summed E-state index contributed by atoms with van der Waals surface area (Å²) < 4.78 is 2.43. The molecule has 2 aromatic carbocycles. The number of benzene rings is 2. The van der Waals surface area contributed by atoms with Crippen molar-refractivity contribution < 1.29 is 4.79 Å². The van der Waals surface area contributed by atoms with Gasteiger partial charge in [0.2, 0.25) is 5.91 Å². The number of rotatable bonds is 4. The first-order valence-corrected chi connectivity index (χ1v) is 10.7. The number of anilines is 1. The summed E-state index contributed by atoms with van der Waals surface area (Å²) in [6.45, 7) is 0. The molecule has 0 bridgehead atoms. The van der Waals surface area contributed by atoms with Gasteiger partial charge in [-0.1, -0.05) is 43.5 Å². The number of para-hydroxylation sites is 1. The molecule has 0 atom stereocenters. The Morgan fingerprint density at radius 3 is 2.77 bits per heavy atom. The molecule has 4 heteroatoms. The number of nitrogens with zero attached hydrogens (tertiary/aromatic N) is 2. The number of nitrogens with one attached hydrogen (secondary N) is 1. The van der Waals surface area contributed by atoms with E-state index in [0.717, 1.165) is 16.5 Å². The zero-order valence-electron chi connectivity index (χ0n) is 16.9. The highest BCUT2D eigenvalue weighted by Crippen LogP contribution is 2.32. The maximum absolute atomic E-state index is 12.4. The summed E-state index contributed by atoms with van der Waals surface area (Å²) in [5, 5.41) is 5.13. The Bertz CT molecular complexity index is 1230. The van der Waals surface area contributed by atoms with Crippen molar-refractivity contribution >= 4 is 39.5 Å². The molecule has 1 N–H and O–H groups in total. The second-order valence-corrected chi connectivity index (χ2v) is 8.07. The zero-order valence-corrected chi connectivity index (χ0v) is 16.9. The molecule has 0 spiro atoms. The number of hydrogen-bond acceptors (Lipinski definition) is 2. The van der Waals surface area contributed by atoms with Crippen molar-refractivity contribution in [2.24, 2.45) is 0 Å². The molecule has 30 heavy (non-hydrogen) atoms. The van der Waals surface area contributed by atoms with Crippen molar-refractivity contribution in [3.8, 4) is 0 Å². The summed E-state index contributed by atoms with van der Waals surface area (Å²) in [6, 6.07) is 19.0. The highest BCUT2D eigenvalue weighted by molar-refractivity contribution is 6.03. The largest absolute Gasteiger partial charge is 0.344 e. The van der Waals surface area contributed by atoms with Crippen molar-refractivity contribution in [3.05, 3.63) is 78.6 Å². The van der Waals surface area contributed by atoms with Gasteiger partial charge in [0.05, 0.1) is 17.4 Å². The first-order chi connectivity index (χ1) is 14.8. The monoisotopic (exact) mass is 395 g/mol. The molecule has 0 unspecified atom stereocenters. The Labute approximate surface area is 176 Å². The lowest BCUT2D eigenvalue weighted by atomic mass is 9.95. The Kier molecular flexibility index (Phi) is 5.06. The normalized spacial score (nSPS) is 15.2. The molecule has 1 saturated carbocycles. The second kappa shape index (κ2) is 8.15. The lowest BCUT2D eigenvalue weighted by molar-refractivity contribution is -0.111. The number of aromatic nitrogens is 2. The quantitative estimate of drug-likeness (QED) is 0.409. The standard InChI is InChI=1S/C26H25N3O/c30-26(28-22-17-20-6-4-5-9-24(20)27-18-22)13-11-19-10-12-25-21(16-19)14-15-29(25)23-7-2-1-3-8-23/h4-6,9-18,23H,1-3,7-8H2,(H,28,30)/b13-11+. The summed E-state index contributed by atoms with van der Waals surface area (Å²) in [6.07, 6.45) is 13.9. The van der Waals surface area contributed by atoms with Crippen molar-refractivity contribution in [1.29, 1.82) is 0 Å². The molecule has 1 amide bonds. The van der Waals surface area contributed by atoms with Crippen molar-refractivity contribution in [2.75, 3.05) is 5.32 Å². The predicted octanol–water partition coefficient (Wildman–Crippen LogP) is 6.35. The molecule has 4 aromatic rings. The van der Waals surface area contributed by atoms with Crippen LogP contribution in [0.3, 0.4) is 0 Å². The third kappa shape index (κ3) is 3.86. The van der Waals surface area contributed by atoms with Crippen molar-refractivity contribution in [3.63, 3.8) is 0 Å². The topological polar surface area (TPSA) is 46.9 Å². The van der Waals surface area contributed by atoms with Crippen molar-refractivity contribution in [2.45, 2.75) is 38.1 Å². The lowest BCUT2D eigenvalue weighted by Gasteiger charge is -2.24. The van der Waals surface area contributed by atoms with Crippen LogP contribution in [0.2, 0.25) is 0 Å². The van der Waals surface area contributed by atoms with Gasteiger partial charge in [0.15, 0.2) is 0 Å². The smallest absolute Gasteiger partial charge is 0.248 e. The molecule has 1 aliphatic carbocycles. The fourth-order valence-corrected chi connectivity index (χ4v) is 4.46. The second-order valence-electron chi connectivity index (χ2n) is 8.07. The molecule has 150 valence electrons. The fraction of sp³-hybridized carbons (Fsp3) is 0.231. The number of pyridine rings is 1. The van der Waals surface area contributed by atoms with E-state index < -0.39 is 0 Å². The molecule has 2 aromatic heterocycles. The lowest BCUT2D eigenvalue weighted by Crippen LogP contribution is -2.11. The van der Waals surface area contributed by atoms with E-state index in [4.69, 9.17) is 0 Å². The van der Waals surface area contributed by atoms with Crippen LogP contribution >= 0.6 is 0 Å². The minimum absolute atomic E-state index is 0.160. The van der Waals surface area contributed by atoms with Gasteiger partial charge >= 0.3 is 0 Å². The van der Waals surface area contributed by atoms with Gasteiger partial charge in [-0.05, 0) is 54.8 Å². The summed E-state index contributed by atoms with van der Waals surface area (Å²) in [5.74, 6) is -0.160. The summed E-state index contributed by atoms with van der Waals surface area (Å²) in [5.41, 5.74) is 3.92. The van der Waals surface area contributed by atoms with Crippen LogP contribution in [0.4, 0.5) is 5.69 Å². The van der Waals surface area contributed by atoms with Crippen LogP contribution in [0.15, 0.2) is 73.1 Å². The average Bonchev–Trinajstić information content (AvgIpc) is 3.21. The van der Waals surface area contributed by atoms with Gasteiger partial charge in [-0.25, -0.2) is 0 Å². The highest BCUT2D eigenvalue weighted by atomic mass is 16.1. The van der Waals surface area contributed by atoms with Crippen LogP contribution in [0, 0.1) is 0 Å². The van der Waals surface area contributed by atoms with E-state index in [1.54, 1.807) is 12.3 Å².